The van der Waals surface area contributed by atoms with Crippen LogP contribution in [0, 0.1) is 0 Å². The number of halogens is 1. The van der Waals surface area contributed by atoms with Gasteiger partial charge in [-0.2, -0.15) is 0 Å². The first-order chi connectivity index (χ1) is 9.29. The lowest BCUT2D eigenvalue weighted by Crippen LogP contribution is -2.21. The summed E-state index contributed by atoms with van der Waals surface area (Å²) in [7, 11) is 0. The Kier molecular flexibility index (Phi) is 3.55. The van der Waals surface area contributed by atoms with Gasteiger partial charge in [-0.25, -0.2) is 4.98 Å². The van der Waals surface area contributed by atoms with Gasteiger partial charge in [0.05, 0.1) is 16.2 Å². The van der Waals surface area contributed by atoms with Crippen molar-refractivity contribution in [2.24, 2.45) is 0 Å². The maximum Gasteiger partial charge on any atom is 0.152 e. The Morgan fingerprint density at radius 3 is 3.05 bits per heavy atom. The van der Waals surface area contributed by atoms with Crippen LogP contribution in [0.2, 0.25) is 5.02 Å². The SMILES string of the molecule is CCNC(c1cscn1)c1cc2cccc(Cl)c2o1. The minimum Gasteiger partial charge on any atom is -0.457 e. The van der Waals surface area contributed by atoms with Crippen molar-refractivity contribution in [1.29, 1.82) is 0 Å². The van der Waals surface area contributed by atoms with E-state index in [0.29, 0.717) is 5.02 Å². The Bertz CT molecular complexity index is 678. The van der Waals surface area contributed by atoms with Crippen LogP contribution in [0.25, 0.3) is 11.0 Å². The maximum absolute atomic E-state index is 6.15. The van der Waals surface area contributed by atoms with Crippen molar-refractivity contribution < 1.29 is 4.42 Å². The lowest BCUT2D eigenvalue weighted by Gasteiger charge is -2.12. The number of hydrogen-bond acceptors (Lipinski definition) is 4. The predicted octanol–water partition coefficient (Wildman–Crippen LogP) is 4.24. The Morgan fingerprint density at radius 2 is 2.37 bits per heavy atom. The van der Waals surface area contributed by atoms with E-state index in [0.717, 1.165) is 29.0 Å². The van der Waals surface area contributed by atoms with Gasteiger partial charge < -0.3 is 9.73 Å². The van der Waals surface area contributed by atoms with E-state index < -0.39 is 0 Å². The molecule has 19 heavy (non-hydrogen) atoms. The first-order valence-corrected chi connectivity index (χ1v) is 7.41. The highest BCUT2D eigenvalue weighted by Crippen LogP contribution is 2.31. The summed E-state index contributed by atoms with van der Waals surface area (Å²) in [6.45, 7) is 2.90. The predicted molar refractivity (Wildman–Crippen MR) is 78.9 cm³/mol. The van der Waals surface area contributed by atoms with Crippen molar-refractivity contribution in [3.63, 3.8) is 0 Å². The molecule has 1 aromatic carbocycles. The molecule has 0 aliphatic carbocycles. The van der Waals surface area contributed by atoms with E-state index in [1.807, 2.05) is 35.2 Å². The Labute approximate surface area is 120 Å². The second-order valence-electron chi connectivity index (χ2n) is 4.21. The molecular weight excluding hydrogens is 280 g/mol. The molecule has 98 valence electrons. The molecule has 0 radical (unpaired) electrons. The summed E-state index contributed by atoms with van der Waals surface area (Å²) in [4.78, 5) is 4.37. The van der Waals surface area contributed by atoms with Crippen molar-refractivity contribution in [2.45, 2.75) is 13.0 Å². The molecule has 0 spiro atoms. The van der Waals surface area contributed by atoms with E-state index in [4.69, 9.17) is 16.0 Å². The Morgan fingerprint density at radius 1 is 1.47 bits per heavy atom. The van der Waals surface area contributed by atoms with Crippen LogP contribution in [0.4, 0.5) is 0 Å². The zero-order chi connectivity index (χ0) is 13.2. The van der Waals surface area contributed by atoms with Crippen LogP contribution in [0.3, 0.4) is 0 Å². The number of rotatable bonds is 4. The van der Waals surface area contributed by atoms with Crippen molar-refractivity contribution in [3.8, 4) is 0 Å². The normalized spacial score (nSPS) is 12.9. The van der Waals surface area contributed by atoms with Gasteiger partial charge in [0.1, 0.15) is 11.8 Å². The summed E-state index contributed by atoms with van der Waals surface area (Å²) in [5.74, 6) is 0.843. The van der Waals surface area contributed by atoms with E-state index in [1.54, 1.807) is 11.3 Å². The zero-order valence-electron chi connectivity index (χ0n) is 10.4. The maximum atomic E-state index is 6.15. The van der Waals surface area contributed by atoms with Crippen LogP contribution >= 0.6 is 22.9 Å². The van der Waals surface area contributed by atoms with Gasteiger partial charge in [0.25, 0.3) is 0 Å². The first-order valence-electron chi connectivity index (χ1n) is 6.09. The van der Waals surface area contributed by atoms with E-state index in [1.165, 1.54) is 0 Å². The fourth-order valence-corrected chi connectivity index (χ4v) is 2.91. The van der Waals surface area contributed by atoms with Gasteiger partial charge in [-0.3, -0.25) is 0 Å². The minimum atomic E-state index is -0.0280. The molecule has 2 heterocycles. The number of furan rings is 1. The summed E-state index contributed by atoms with van der Waals surface area (Å²) in [5, 5.41) is 7.07. The molecule has 0 amide bonds. The molecule has 1 N–H and O–H groups in total. The second-order valence-corrected chi connectivity index (χ2v) is 5.34. The van der Waals surface area contributed by atoms with Gasteiger partial charge in [0, 0.05) is 10.8 Å². The Hall–Kier alpha value is -1.36. The van der Waals surface area contributed by atoms with Crippen molar-refractivity contribution in [1.82, 2.24) is 10.3 Å². The molecule has 3 rings (SSSR count). The van der Waals surface area contributed by atoms with Gasteiger partial charge in [0.15, 0.2) is 5.58 Å². The topological polar surface area (TPSA) is 38.1 Å². The van der Waals surface area contributed by atoms with Gasteiger partial charge in [-0.05, 0) is 18.7 Å². The van der Waals surface area contributed by atoms with Gasteiger partial charge >= 0.3 is 0 Å². The third-order valence-electron chi connectivity index (χ3n) is 2.96. The molecule has 1 atom stereocenters. The summed E-state index contributed by atoms with van der Waals surface area (Å²) < 4.78 is 5.91. The molecule has 1 unspecified atom stereocenters. The fraction of sp³-hybridized carbons (Fsp3) is 0.214. The number of fused-ring (bicyclic) bond motifs is 1. The molecule has 3 aromatic rings. The third-order valence-corrected chi connectivity index (χ3v) is 3.86. The smallest absolute Gasteiger partial charge is 0.152 e. The largest absolute Gasteiger partial charge is 0.457 e. The molecule has 0 fully saturated rings. The highest BCUT2D eigenvalue weighted by Gasteiger charge is 2.20. The summed E-state index contributed by atoms with van der Waals surface area (Å²) >= 11 is 7.73. The average molecular weight is 293 g/mol. The van der Waals surface area contributed by atoms with Gasteiger partial charge in [-0.1, -0.05) is 30.7 Å². The first kappa shape index (κ1) is 12.7. The van der Waals surface area contributed by atoms with E-state index in [9.17, 15) is 0 Å². The molecule has 0 aliphatic rings. The summed E-state index contributed by atoms with van der Waals surface area (Å²) in [6.07, 6.45) is 0. The second kappa shape index (κ2) is 5.33. The number of para-hydroxylation sites is 1. The van der Waals surface area contributed by atoms with Crippen molar-refractivity contribution in [2.75, 3.05) is 6.54 Å². The zero-order valence-corrected chi connectivity index (χ0v) is 12.0. The Balaban J connectivity index is 2.08. The molecule has 3 nitrogen and oxygen atoms in total. The molecule has 0 saturated carbocycles. The lowest BCUT2D eigenvalue weighted by atomic mass is 10.1. The highest BCUT2D eigenvalue weighted by molar-refractivity contribution is 7.07. The van der Waals surface area contributed by atoms with Gasteiger partial charge in [-0.15, -0.1) is 11.3 Å². The molecular formula is C14H13ClN2OS. The fourth-order valence-electron chi connectivity index (χ4n) is 2.11. The summed E-state index contributed by atoms with van der Waals surface area (Å²) in [5.41, 5.74) is 3.54. The van der Waals surface area contributed by atoms with Crippen LogP contribution in [-0.4, -0.2) is 11.5 Å². The van der Waals surface area contributed by atoms with E-state index in [2.05, 4.69) is 17.2 Å². The van der Waals surface area contributed by atoms with Crippen molar-refractivity contribution in [3.05, 3.63) is 51.6 Å². The number of aromatic nitrogens is 1. The molecule has 2 aromatic heterocycles. The molecule has 0 bridgehead atoms. The van der Waals surface area contributed by atoms with Gasteiger partial charge in [0.2, 0.25) is 0 Å². The quantitative estimate of drug-likeness (QED) is 0.781. The van der Waals surface area contributed by atoms with E-state index in [-0.39, 0.29) is 6.04 Å². The summed E-state index contributed by atoms with van der Waals surface area (Å²) in [6, 6.07) is 7.75. The standard InChI is InChI=1S/C14H13ClN2OS/c1-2-16-13(11-7-19-8-17-11)12-6-9-4-3-5-10(15)14(9)18-12/h3-8,13,16H,2H2,1H3. The van der Waals surface area contributed by atoms with E-state index >= 15 is 0 Å². The number of benzene rings is 1. The average Bonchev–Trinajstić information content (AvgIpc) is 3.05. The lowest BCUT2D eigenvalue weighted by molar-refractivity contribution is 0.472. The number of thiazole rings is 1. The highest BCUT2D eigenvalue weighted by atomic mass is 35.5. The molecule has 0 aliphatic heterocycles. The number of nitrogens with one attached hydrogen (secondary N) is 1. The minimum absolute atomic E-state index is 0.0280. The molecule has 5 heteroatoms. The number of nitrogens with zero attached hydrogens (tertiary/aromatic N) is 1. The van der Waals surface area contributed by atoms with Crippen LogP contribution in [-0.2, 0) is 0 Å². The monoisotopic (exact) mass is 292 g/mol. The number of hydrogen-bond donors (Lipinski definition) is 1. The van der Waals surface area contributed by atoms with Crippen LogP contribution in [0.5, 0.6) is 0 Å². The van der Waals surface area contributed by atoms with Crippen LogP contribution < -0.4 is 5.32 Å². The third kappa shape index (κ3) is 2.39. The van der Waals surface area contributed by atoms with Crippen molar-refractivity contribution >= 4 is 33.9 Å². The van der Waals surface area contributed by atoms with Crippen LogP contribution in [0.1, 0.15) is 24.4 Å². The van der Waals surface area contributed by atoms with Crippen LogP contribution in [0.15, 0.2) is 39.6 Å². The molecule has 0 saturated heterocycles.